The Morgan fingerprint density at radius 3 is 2.45 bits per heavy atom. The Labute approximate surface area is 193 Å². The van der Waals surface area contributed by atoms with Gasteiger partial charge in [-0.1, -0.05) is 24.9 Å². The molecule has 1 amide bonds. The number of halogens is 1. The van der Waals surface area contributed by atoms with Crippen LogP contribution in [0.2, 0.25) is 0 Å². The highest BCUT2D eigenvalue weighted by Gasteiger charge is 2.12. The van der Waals surface area contributed by atoms with E-state index < -0.39 is 0 Å². The van der Waals surface area contributed by atoms with Crippen molar-refractivity contribution in [2.45, 2.75) is 33.1 Å². The molecule has 0 atom stereocenters. The molecule has 0 unspecified atom stereocenters. The van der Waals surface area contributed by atoms with Gasteiger partial charge in [0.05, 0.1) is 24.6 Å². The fourth-order valence-corrected chi connectivity index (χ4v) is 3.96. The number of amides is 1. The van der Waals surface area contributed by atoms with E-state index in [0.717, 1.165) is 40.6 Å². The first-order valence-corrected chi connectivity index (χ1v) is 11.3. The normalized spacial score (nSPS) is 11.1. The van der Waals surface area contributed by atoms with Gasteiger partial charge in [-0.05, 0) is 58.6 Å². The highest BCUT2D eigenvalue weighted by Crippen LogP contribution is 2.33. The van der Waals surface area contributed by atoms with Crippen LogP contribution in [0, 0.1) is 0 Å². The summed E-state index contributed by atoms with van der Waals surface area (Å²) < 4.78 is 0.886. The van der Waals surface area contributed by atoms with Crippen LogP contribution in [-0.2, 0) is 11.2 Å². The number of carbonyl (C=O) groups excluding carboxylic acids is 1. The SMILES string of the molecule is Bc1cc(CCCC)cc(Br)c1/N=N/c1ccc(N(CCO)CCO)cc1NC(C)=O. The van der Waals surface area contributed by atoms with Gasteiger partial charge in [0.25, 0.3) is 0 Å². The average molecular weight is 489 g/mol. The van der Waals surface area contributed by atoms with Crippen LogP contribution in [0.25, 0.3) is 0 Å². The Morgan fingerprint density at radius 1 is 1.16 bits per heavy atom. The minimum atomic E-state index is -0.220. The van der Waals surface area contributed by atoms with Gasteiger partial charge in [0.1, 0.15) is 13.5 Å². The third-order valence-electron chi connectivity index (χ3n) is 4.79. The summed E-state index contributed by atoms with van der Waals surface area (Å²) in [5.74, 6) is -0.220. The molecule has 0 spiro atoms. The number of aryl methyl sites for hydroxylation is 1. The molecule has 2 rings (SSSR count). The Morgan fingerprint density at radius 2 is 1.87 bits per heavy atom. The van der Waals surface area contributed by atoms with Crippen LogP contribution >= 0.6 is 15.9 Å². The number of carbonyl (C=O) groups is 1. The van der Waals surface area contributed by atoms with Crippen LogP contribution in [0.15, 0.2) is 45.0 Å². The summed E-state index contributed by atoms with van der Waals surface area (Å²) in [7, 11) is 2.01. The van der Waals surface area contributed by atoms with Crippen molar-refractivity contribution in [1.82, 2.24) is 0 Å². The van der Waals surface area contributed by atoms with Gasteiger partial charge in [0, 0.05) is 30.2 Å². The zero-order valence-electron chi connectivity index (χ0n) is 18.4. The Kier molecular flexibility index (Phi) is 10.2. The summed E-state index contributed by atoms with van der Waals surface area (Å²) in [6.45, 7) is 4.27. The molecule has 2 aromatic carbocycles. The minimum absolute atomic E-state index is 0.0432. The lowest BCUT2D eigenvalue weighted by Gasteiger charge is -2.23. The number of hydrogen-bond acceptors (Lipinski definition) is 6. The largest absolute Gasteiger partial charge is 0.395 e. The third-order valence-corrected chi connectivity index (χ3v) is 5.39. The molecule has 0 saturated carbocycles. The lowest BCUT2D eigenvalue weighted by molar-refractivity contribution is -0.114. The van der Waals surface area contributed by atoms with Gasteiger partial charge in [-0.2, -0.15) is 0 Å². The molecule has 0 heterocycles. The summed E-state index contributed by atoms with van der Waals surface area (Å²) >= 11 is 3.61. The quantitative estimate of drug-likeness (QED) is 0.334. The Hall–Kier alpha value is -2.23. The van der Waals surface area contributed by atoms with E-state index in [9.17, 15) is 15.0 Å². The lowest BCUT2D eigenvalue weighted by atomic mass is 9.91. The van der Waals surface area contributed by atoms with E-state index in [-0.39, 0.29) is 19.1 Å². The van der Waals surface area contributed by atoms with Crippen LogP contribution in [0.5, 0.6) is 0 Å². The highest BCUT2D eigenvalue weighted by atomic mass is 79.9. The van der Waals surface area contributed by atoms with E-state index in [0.29, 0.717) is 24.5 Å². The smallest absolute Gasteiger partial charge is 0.221 e. The van der Waals surface area contributed by atoms with Crippen LogP contribution in [0.3, 0.4) is 0 Å². The third kappa shape index (κ3) is 7.45. The zero-order valence-corrected chi connectivity index (χ0v) is 19.9. The van der Waals surface area contributed by atoms with Gasteiger partial charge >= 0.3 is 0 Å². The first-order valence-electron chi connectivity index (χ1n) is 10.5. The number of nitrogens with zero attached hydrogens (tertiary/aromatic N) is 3. The van der Waals surface area contributed by atoms with Crippen molar-refractivity contribution in [3.63, 3.8) is 0 Å². The van der Waals surface area contributed by atoms with E-state index in [2.05, 4.69) is 50.5 Å². The topological polar surface area (TPSA) is 97.5 Å². The van der Waals surface area contributed by atoms with Crippen LogP contribution < -0.4 is 15.7 Å². The fourth-order valence-electron chi connectivity index (χ4n) is 3.27. The van der Waals surface area contributed by atoms with Gasteiger partial charge in [-0.25, -0.2) is 0 Å². The maximum absolute atomic E-state index is 11.7. The molecule has 0 aliphatic rings. The number of anilines is 2. The number of hydrogen-bond donors (Lipinski definition) is 3. The number of unbranched alkanes of at least 4 members (excludes halogenated alkanes) is 1. The van der Waals surface area contributed by atoms with E-state index in [4.69, 9.17) is 0 Å². The molecular formula is C22H30BBrN4O3. The fraction of sp³-hybridized carbons (Fsp3) is 0.409. The van der Waals surface area contributed by atoms with Crippen molar-refractivity contribution in [2.75, 3.05) is 36.5 Å². The van der Waals surface area contributed by atoms with E-state index in [1.54, 1.807) is 12.1 Å². The molecule has 0 aliphatic carbocycles. The second-order valence-electron chi connectivity index (χ2n) is 7.36. The lowest BCUT2D eigenvalue weighted by Crippen LogP contribution is -2.29. The van der Waals surface area contributed by atoms with Crippen molar-refractivity contribution in [1.29, 1.82) is 0 Å². The number of azo groups is 1. The zero-order chi connectivity index (χ0) is 22.8. The molecule has 0 radical (unpaired) electrons. The molecule has 0 saturated heterocycles. The van der Waals surface area contributed by atoms with E-state index >= 15 is 0 Å². The number of rotatable bonds is 11. The number of nitrogens with one attached hydrogen (secondary N) is 1. The molecule has 0 fully saturated rings. The van der Waals surface area contributed by atoms with Crippen molar-refractivity contribution in [3.05, 3.63) is 40.4 Å². The first-order chi connectivity index (χ1) is 14.9. The van der Waals surface area contributed by atoms with Crippen molar-refractivity contribution >= 4 is 57.9 Å². The van der Waals surface area contributed by atoms with E-state index in [1.807, 2.05) is 18.8 Å². The van der Waals surface area contributed by atoms with Crippen LogP contribution in [0.1, 0.15) is 32.3 Å². The summed E-state index contributed by atoms with van der Waals surface area (Å²) in [6, 6.07) is 9.59. The van der Waals surface area contributed by atoms with Crippen LogP contribution in [-0.4, -0.2) is 50.3 Å². The molecule has 0 aliphatic heterocycles. The maximum Gasteiger partial charge on any atom is 0.221 e. The van der Waals surface area contributed by atoms with Gasteiger partial charge in [-0.3, -0.25) is 4.79 Å². The van der Waals surface area contributed by atoms with Crippen molar-refractivity contribution in [3.8, 4) is 0 Å². The summed E-state index contributed by atoms with van der Waals surface area (Å²) in [5, 5.41) is 30.2. The molecular weight excluding hydrogens is 459 g/mol. The highest BCUT2D eigenvalue weighted by molar-refractivity contribution is 9.10. The second kappa shape index (κ2) is 12.6. The summed E-state index contributed by atoms with van der Waals surface area (Å²) in [5.41, 5.74) is 4.85. The number of aliphatic hydroxyl groups is 2. The molecule has 31 heavy (non-hydrogen) atoms. The number of aliphatic hydroxyl groups excluding tert-OH is 2. The standard InChI is InChI=1S/C22H30BBrN4O3/c1-3-4-5-16-12-18(23)22(19(24)13-16)27-26-20-7-6-17(14-21(20)25-15(2)31)28(8-10-29)9-11-30/h6-7,12-14,29-30H,3-5,8-11,23H2,1-2H3,(H,25,31)/b27-26+. The average Bonchev–Trinajstić information content (AvgIpc) is 2.72. The summed E-state index contributed by atoms with van der Waals surface area (Å²) in [6.07, 6.45) is 3.32. The van der Waals surface area contributed by atoms with Gasteiger partial charge in [0.2, 0.25) is 5.91 Å². The molecule has 166 valence electrons. The van der Waals surface area contributed by atoms with Gasteiger partial charge < -0.3 is 20.4 Å². The summed E-state index contributed by atoms with van der Waals surface area (Å²) in [4.78, 5) is 13.6. The maximum atomic E-state index is 11.7. The predicted octanol–water partition coefficient (Wildman–Crippen LogP) is 3.21. The molecule has 3 N–H and O–H groups in total. The predicted molar refractivity (Wildman–Crippen MR) is 132 cm³/mol. The number of benzene rings is 2. The molecule has 0 bridgehead atoms. The monoisotopic (exact) mass is 488 g/mol. The molecule has 2 aromatic rings. The van der Waals surface area contributed by atoms with Gasteiger partial charge in [-0.15, -0.1) is 10.2 Å². The molecule has 9 heteroatoms. The van der Waals surface area contributed by atoms with Gasteiger partial charge in [0.15, 0.2) is 0 Å². The molecule has 0 aromatic heterocycles. The second-order valence-corrected chi connectivity index (χ2v) is 8.22. The van der Waals surface area contributed by atoms with E-state index in [1.165, 1.54) is 12.5 Å². The minimum Gasteiger partial charge on any atom is -0.395 e. The Bertz CT molecular complexity index is 895. The Balaban J connectivity index is 2.37. The van der Waals surface area contributed by atoms with Crippen LogP contribution in [0.4, 0.5) is 22.7 Å². The first kappa shape index (κ1) is 25.0. The molecule has 7 nitrogen and oxygen atoms in total. The van der Waals surface area contributed by atoms with Crippen molar-refractivity contribution in [2.24, 2.45) is 10.2 Å². The van der Waals surface area contributed by atoms with Crippen molar-refractivity contribution < 1.29 is 15.0 Å².